The van der Waals surface area contributed by atoms with Gasteiger partial charge in [0.05, 0.1) is 5.57 Å². The maximum absolute atomic E-state index is 12.0. The number of rotatable bonds is 6. The van der Waals surface area contributed by atoms with Crippen LogP contribution in [0, 0.1) is 0 Å². The fraction of sp³-hybridized carbons (Fsp3) is 0.615. The fourth-order valence-corrected chi connectivity index (χ4v) is 2.11. The first-order chi connectivity index (χ1) is 8.54. The third-order valence-corrected chi connectivity index (χ3v) is 3.38. The van der Waals surface area contributed by atoms with E-state index in [0.29, 0.717) is 18.2 Å². The van der Waals surface area contributed by atoms with E-state index in [1.165, 1.54) is 9.80 Å². The van der Waals surface area contributed by atoms with Gasteiger partial charge in [-0.2, -0.15) is 0 Å². The summed E-state index contributed by atoms with van der Waals surface area (Å²) in [5, 5.41) is 0.333. The zero-order valence-corrected chi connectivity index (χ0v) is 11.9. The predicted octanol–water partition coefficient (Wildman–Crippen LogP) is 2.10. The minimum atomic E-state index is -0.341. The Kier molecular flexibility index (Phi) is 5.47. The van der Waals surface area contributed by atoms with Crippen LogP contribution in [0.5, 0.6) is 0 Å². The summed E-state index contributed by atoms with van der Waals surface area (Å²) in [6.07, 6.45) is 3.69. The molecule has 100 valence electrons. The highest BCUT2D eigenvalue weighted by molar-refractivity contribution is 7.80. The molecule has 1 aliphatic heterocycles. The largest absolute Gasteiger partial charge is 0.285 e. The van der Waals surface area contributed by atoms with E-state index in [1.54, 1.807) is 0 Å². The van der Waals surface area contributed by atoms with Gasteiger partial charge in [0.2, 0.25) is 0 Å². The van der Waals surface area contributed by atoms with Gasteiger partial charge in [0.1, 0.15) is 0 Å². The number of unbranched alkanes of at least 4 members (excludes halogenated alkanes) is 2. The maximum Gasteiger partial charge on any atom is 0.265 e. The second-order valence-electron chi connectivity index (χ2n) is 4.38. The standard InChI is InChI=1S/C13H20N2O2S/c1-4-6-8-14-11(16)10(3)12(17)15(13(14)18)9-7-5-2/h3-9H2,1-2H3. The van der Waals surface area contributed by atoms with Crippen molar-refractivity contribution in [3.63, 3.8) is 0 Å². The molecule has 4 nitrogen and oxygen atoms in total. The number of nitrogens with zero attached hydrogens (tertiary/aromatic N) is 2. The molecule has 0 aromatic rings. The first kappa shape index (κ1) is 14.8. The summed E-state index contributed by atoms with van der Waals surface area (Å²) in [4.78, 5) is 26.9. The van der Waals surface area contributed by atoms with Crippen molar-refractivity contribution in [3.8, 4) is 0 Å². The van der Waals surface area contributed by atoms with Crippen molar-refractivity contribution in [1.29, 1.82) is 0 Å². The Hall–Kier alpha value is -1.23. The first-order valence-corrected chi connectivity index (χ1v) is 6.82. The van der Waals surface area contributed by atoms with E-state index in [1.807, 2.05) is 13.8 Å². The summed E-state index contributed by atoms with van der Waals surface area (Å²) in [6.45, 7) is 8.80. The van der Waals surface area contributed by atoms with Gasteiger partial charge in [-0.25, -0.2) is 0 Å². The number of hydrogen-bond acceptors (Lipinski definition) is 3. The average Bonchev–Trinajstić information content (AvgIpc) is 2.36. The molecule has 1 fully saturated rings. The summed E-state index contributed by atoms with van der Waals surface area (Å²) in [5.41, 5.74) is 0.0239. The molecule has 2 amide bonds. The van der Waals surface area contributed by atoms with Crippen molar-refractivity contribution >= 4 is 29.1 Å². The molecule has 0 aliphatic carbocycles. The third kappa shape index (κ3) is 2.96. The highest BCUT2D eigenvalue weighted by Gasteiger charge is 2.37. The van der Waals surface area contributed by atoms with Gasteiger partial charge < -0.3 is 0 Å². The normalized spacial score (nSPS) is 16.8. The van der Waals surface area contributed by atoms with Crippen molar-refractivity contribution in [1.82, 2.24) is 9.80 Å². The minimum Gasteiger partial charge on any atom is -0.285 e. The van der Waals surface area contributed by atoms with Crippen LogP contribution >= 0.6 is 12.2 Å². The molecule has 0 radical (unpaired) electrons. The summed E-state index contributed by atoms with van der Waals surface area (Å²) >= 11 is 5.25. The summed E-state index contributed by atoms with van der Waals surface area (Å²) in [5.74, 6) is -0.683. The number of thiocarbonyl (C=S) groups is 1. The van der Waals surface area contributed by atoms with Crippen molar-refractivity contribution in [2.45, 2.75) is 39.5 Å². The molecule has 1 heterocycles. The minimum absolute atomic E-state index is 0.0239. The lowest BCUT2D eigenvalue weighted by Gasteiger charge is -2.36. The molecule has 0 aromatic carbocycles. The van der Waals surface area contributed by atoms with Gasteiger partial charge in [-0.1, -0.05) is 33.3 Å². The van der Waals surface area contributed by atoms with Gasteiger partial charge in [0.25, 0.3) is 11.8 Å². The summed E-state index contributed by atoms with van der Waals surface area (Å²) in [7, 11) is 0. The fourth-order valence-electron chi connectivity index (χ4n) is 1.76. The highest BCUT2D eigenvalue weighted by Crippen LogP contribution is 2.17. The molecule has 1 aliphatic rings. The summed E-state index contributed by atoms with van der Waals surface area (Å²) < 4.78 is 0. The second kappa shape index (κ2) is 6.64. The molecule has 0 N–H and O–H groups in total. The molecular formula is C13H20N2O2S. The predicted molar refractivity (Wildman–Crippen MR) is 75.0 cm³/mol. The van der Waals surface area contributed by atoms with Gasteiger partial charge in [-0.3, -0.25) is 19.4 Å². The van der Waals surface area contributed by atoms with E-state index in [9.17, 15) is 9.59 Å². The number of carbonyl (C=O) groups is 2. The lowest BCUT2D eigenvalue weighted by Crippen LogP contribution is -2.56. The molecule has 0 bridgehead atoms. The van der Waals surface area contributed by atoms with Gasteiger partial charge >= 0.3 is 0 Å². The number of carbonyl (C=O) groups excluding carboxylic acids is 2. The SMILES string of the molecule is C=C1C(=O)N(CCCC)C(=S)N(CCCC)C1=O. The van der Waals surface area contributed by atoms with E-state index >= 15 is 0 Å². The Morgan fingerprint density at radius 2 is 1.39 bits per heavy atom. The Morgan fingerprint density at radius 3 is 1.72 bits per heavy atom. The molecule has 1 saturated heterocycles. The van der Waals surface area contributed by atoms with Crippen molar-refractivity contribution in [3.05, 3.63) is 12.2 Å². The van der Waals surface area contributed by atoms with Crippen LogP contribution in [-0.4, -0.2) is 39.8 Å². The van der Waals surface area contributed by atoms with E-state index in [2.05, 4.69) is 6.58 Å². The van der Waals surface area contributed by atoms with E-state index < -0.39 is 0 Å². The van der Waals surface area contributed by atoms with Crippen LogP contribution in [0.1, 0.15) is 39.5 Å². The smallest absolute Gasteiger partial charge is 0.265 e. The first-order valence-electron chi connectivity index (χ1n) is 6.41. The molecule has 0 atom stereocenters. The highest BCUT2D eigenvalue weighted by atomic mass is 32.1. The van der Waals surface area contributed by atoms with Crippen molar-refractivity contribution in [2.75, 3.05) is 13.1 Å². The van der Waals surface area contributed by atoms with Crippen LogP contribution in [0.25, 0.3) is 0 Å². The molecular weight excluding hydrogens is 248 g/mol. The van der Waals surface area contributed by atoms with Crippen LogP contribution < -0.4 is 0 Å². The lowest BCUT2D eigenvalue weighted by atomic mass is 10.1. The van der Waals surface area contributed by atoms with Crippen molar-refractivity contribution < 1.29 is 9.59 Å². The van der Waals surface area contributed by atoms with Crippen LogP contribution in [0.3, 0.4) is 0 Å². The van der Waals surface area contributed by atoms with Gasteiger partial charge in [-0.15, -0.1) is 0 Å². The Morgan fingerprint density at radius 1 is 1.00 bits per heavy atom. The van der Waals surface area contributed by atoms with E-state index in [-0.39, 0.29) is 17.4 Å². The number of amides is 2. The lowest BCUT2D eigenvalue weighted by molar-refractivity contribution is -0.133. The zero-order chi connectivity index (χ0) is 13.7. The van der Waals surface area contributed by atoms with Crippen molar-refractivity contribution in [2.24, 2.45) is 0 Å². The van der Waals surface area contributed by atoms with Gasteiger partial charge in [0, 0.05) is 13.1 Å². The van der Waals surface area contributed by atoms with Crippen LogP contribution in [0.2, 0.25) is 0 Å². The van der Waals surface area contributed by atoms with E-state index in [4.69, 9.17) is 12.2 Å². The Bertz CT molecular complexity index is 347. The Labute approximate surface area is 114 Å². The van der Waals surface area contributed by atoms with Crippen LogP contribution in [-0.2, 0) is 9.59 Å². The number of hydrogen-bond donors (Lipinski definition) is 0. The van der Waals surface area contributed by atoms with Gasteiger partial charge in [0.15, 0.2) is 5.11 Å². The zero-order valence-electron chi connectivity index (χ0n) is 11.1. The molecule has 5 heteroatoms. The topological polar surface area (TPSA) is 40.6 Å². The molecule has 1 rings (SSSR count). The second-order valence-corrected chi connectivity index (χ2v) is 4.75. The molecule has 18 heavy (non-hydrogen) atoms. The van der Waals surface area contributed by atoms with Crippen LogP contribution in [0.15, 0.2) is 12.2 Å². The van der Waals surface area contributed by atoms with Crippen LogP contribution in [0.4, 0.5) is 0 Å². The summed E-state index contributed by atoms with van der Waals surface area (Å²) in [6, 6.07) is 0. The molecule has 0 spiro atoms. The Balaban J connectivity index is 2.86. The quantitative estimate of drug-likeness (QED) is 0.421. The third-order valence-electron chi connectivity index (χ3n) is 2.94. The molecule has 0 saturated carbocycles. The van der Waals surface area contributed by atoms with E-state index in [0.717, 1.165) is 25.7 Å². The molecule has 0 aromatic heterocycles. The van der Waals surface area contributed by atoms with Gasteiger partial charge in [-0.05, 0) is 25.1 Å². The molecule has 0 unspecified atom stereocenters. The average molecular weight is 268 g/mol. The maximum atomic E-state index is 12.0. The monoisotopic (exact) mass is 268 g/mol.